The number of pyridine rings is 1. The van der Waals surface area contributed by atoms with Crippen LogP contribution in [0.1, 0.15) is 19.2 Å². The van der Waals surface area contributed by atoms with Crippen LogP contribution in [-0.2, 0) is 6.18 Å². The van der Waals surface area contributed by atoms with Crippen molar-refractivity contribution in [3.05, 3.63) is 24.2 Å². The van der Waals surface area contributed by atoms with Gasteiger partial charge in [0.15, 0.2) is 5.65 Å². The highest BCUT2D eigenvalue weighted by atomic mass is 19.4. The Morgan fingerprint density at radius 2 is 2.09 bits per heavy atom. The van der Waals surface area contributed by atoms with Gasteiger partial charge in [0.25, 0.3) is 5.88 Å². The monoisotopic (exact) mass is 323 g/mol. The van der Waals surface area contributed by atoms with Crippen molar-refractivity contribution in [1.82, 2.24) is 24.6 Å². The maximum Gasteiger partial charge on any atom is 0.452 e. The van der Waals surface area contributed by atoms with E-state index in [-0.39, 0.29) is 17.2 Å². The Bertz CT molecular complexity index is 891. The van der Waals surface area contributed by atoms with Crippen LogP contribution in [0.25, 0.3) is 16.8 Å². The molecule has 1 fully saturated rings. The van der Waals surface area contributed by atoms with Gasteiger partial charge in [0.05, 0.1) is 6.61 Å². The lowest BCUT2D eigenvalue weighted by Gasteiger charge is -2.09. The van der Waals surface area contributed by atoms with Crippen molar-refractivity contribution in [2.75, 3.05) is 6.61 Å². The zero-order chi connectivity index (χ0) is 16.2. The number of alkyl halides is 3. The molecule has 4 rings (SSSR count). The molecule has 2 atom stereocenters. The SMILES string of the molecule is CC1CC1COc1nc2cccnc2n2c(C(F)(F)F)nnc12. The number of aromatic nitrogens is 5. The number of ether oxygens (including phenoxy) is 1. The van der Waals surface area contributed by atoms with E-state index in [0.29, 0.717) is 24.0 Å². The lowest BCUT2D eigenvalue weighted by atomic mass is 10.4. The fourth-order valence-corrected chi connectivity index (χ4v) is 2.53. The molecule has 120 valence electrons. The molecular weight excluding hydrogens is 311 g/mol. The predicted molar refractivity (Wildman–Crippen MR) is 73.9 cm³/mol. The minimum Gasteiger partial charge on any atom is -0.475 e. The van der Waals surface area contributed by atoms with Crippen molar-refractivity contribution in [2.24, 2.45) is 11.8 Å². The molecule has 6 nitrogen and oxygen atoms in total. The summed E-state index contributed by atoms with van der Waals surface area (Å²) in [6.45, 7) is 2.50. The Labute approximate surface area is 128 Å². The standard InChI is InChI=1S/C14H12F3N5O/c1-7-5-8(7)6-23-12-11-20-21-13(14(15,16)17)22(11)10-9(19-12)3-2-4-18-10/h2-4,7-8H,5-6H2,1H3. The third-order valence-electron chi connectivity index (χ3n) is 4.02. The zero-order valence-corrected chi connectivity index (χ0v) is 12.1. The van der Waals surface area contributed by atoms with Gasteiger partial charge in [-0.25, -0.2) is 14.4 Å². The summed E-state index contributed by atoms with van der Waals surface area (Å²) >= 11 is 0. The molecule has 2 unspecified atom stereocenters. The maximum absolute atomic E-state index is 13.2. The number of rotatable bonds is 3. The van der Waals surface area contributed by atoms with Crippen LogP contribution in [0.3, 0.4) is 0 Å². The number of hydrogen-bond acceptors (Lipinski definition) is 5. The van der Waals surface area contributed by atoms with Crippen LogP contribution in [0.2, 0.25) is 0 Å². The van der Waals surface area contributed by atoms with Gasteiger partial charge >= 0.3 is 6.18 Å². The first-order chi connectivity index (χ1) is 10.9. The van der Waals surface area contributed by atoms with Crippen molar-refractivity contribution < 1.29 is 17.9 Å². The van der Waals surface area contributed by atoms with Crippen LogP contribution >= 0.6 is 0 Å². The van der Waals surface area contributed by atoms with Gasteiger partial charge in [-0.15, -0.1) is 10.2 Å². The van der Waals surface area contributed by atoms with Gasteiger partial charge in [-0.3, -0.25) is 0 Å². The number of hydrogen-bond donors (Lipinski definition) is 0. The van der Waals surface area contributed by atoms with E-state index in [1.807, 2.05) is 0 Å². The molecule has 1 saturated carbocycles. The van der Waals surface area contributed by atoms with Crippen LogP contribution in [0, 0.1) is 11.8 Å². The topological polar surface area (TPSA) is 65.2 Å². The zero-order valence-electron chi connectivity index (χ0n) is 12.1. The molecule has 0 aromatic carbocycles. The van der Waals surface area contributed by atoms with E-state index in [1.165, 1.54) is 6.20 Å². The maximum atomic E-state index is 13.2. The van der Waals surface area contributed by atoms with E-state index >= 15 is 0 Å². The summed E-state index contributed by atoms with van der Waals surface area (Å²) in [5, 5.41) is 6.88. The van der Waals surface area contributed by atoms with Crippen molar-refractivity contribution >= 4 is 16.8 Å². The average Bonchev–Trinajstić information content (AvgIpc) is 3.02. The predicted octanol–water partition coefficient (Wildman–Crippen LogP) is 2.73. The molecule has 3 heterocycles. The lowest BCUT2D eigenvalue weighted by molar-refractivity contribution is -0.145. The van der Waals surface area contributed by atoms with E-state index in [2.05, 4.69) is 27.1 Å². The smallest absolute Gasteiger partial charge is 0.452 e. The van der Waals surface area contributed by atoms with E-state index in [1.54, 1.807) is 12.1 Å². The number of nitrogens with zero attached hydrogens (tertiary/aromatic N) is 5. The summed E-state index contributed by atoms with van der Waals surface area (Å²) in [6.07, 6.45) is -2.20. The fourth-order valence-electron chi connectivity index (χ4n) is 2.53. The largest absolute Gasteiger partial charge is 0.475 e. The molecule has 0 bridgehead atoms. The second kappa shape index (κ2) is 4.77. The fraction of sp³-hybridized carbons (Fsp3) is 0.429. The Morgan fingerprint density at radius 3 is 2.78 bits per heavy atom. The van der Waals surface area contributed by atoms with Crippen molar-refractivity contribution in [3.63, 3.8) is 0 Å². The van der Waals surface area contributed by atoms with Gasteiger partial charge in [-0.05, 0) is 30.4 Å². The van der Waals surface area contributed by atoms with E-state index in [4.69, 9.17) is 4.74 Å². The molecule has 0 N–H and O–H groups in total. The highest BCUT2D eigenvalue weighted by Crippen LogP contribution is 2.38. The third kappa shape index (κ3) is 2.36. The summed E-state index contributed by atoms with van der Waals surface area (Å²) in [5.74, 6) is -0.112. The number of halogens is 3. The molecule has 0 aliphatic heterocycles. The van der Waals surface area contributed by atoms with Gasteiger partial charge < -0.3 is 4.74 Å². The second-order valence-corrected chi connectivity index (χ2v) is 5.73. The second-order valence-electron chi connectivity index (χ2n) is 5.73. The Morgan fingerprint density at radius 1 is 1.30 bits per heavy atom. The minimum atomic E-state index is -4.65. The Balaban J connectivity index is 1.90. The minimum absolute atomic E-state index is 0.0481. The molecule has 1 aliphatic rings. The number of fused-ring (bicyclic) bond motifs is 3. The summed E-state index contributed by atoms with van der Waals surface area (Å²) < 4.78 is 46.0. The molecular formula is C14H12F3N5O. The molecule has 1 aliphatic carbocycles. The van der Waals surface area contributed by atoms with Crippen LogP contribution in [0.4, 0.5) is 13.2 Å². The summed E-state index contributed by atoms with van der Waals surface area (Å²) in [5.41, 5.74) is 0.271. The molecule has 3 aromatic heterocycles. The van der Waals surface area contributed by atoms with Gasteiger partial charge in [0.2, 0.25) is 11.5 Å². The van der Waals surface area contributed by atoms with Gasteiger partial charge in [-0.1, -0.05) is 6.92 Å². The molecule has 9 heteroatoms. The van der Waals surface area contributed by atoms with Crippen LogP contribution in [0.5, 0.6) is 5.88 Å². The molecule has 0 spiro atoms. The van der Waals surface area contributed by atoms with Gasteiger partial charge in [0, 0.05) is 6.20 Å². The van der Waals surface area contributed by atoms with Crippen molar-refractivity contribution in [2.45, 2.75) is 19.5 Å². The first kappa shape index (κ1) is 14.2. The summed E-state index contributed by atoms with van der Waals surface area (Å²) in [6, 6.07) is 3.18. The lowest BCUT2D eigenvalue weighted by Crippen LogP contribution is -2.13. The van der Waals surface area contributed by atoms with Crippen LogP contribution in [-0.4, -0.2) is 31.2 Å². The first-order valence-electron chi connectivity index (χ1n) is 7.15. The molecule has 0 amide bonds. The van der Waals surface area contributed by atoms with Crippen LogP contribution < -0.4 is 4.74 Å². The van der Waals surface area contributed by atoms with E-state index in [0.717, 1.165) is 10.8 Å². The van der Waals surface area contributed by atoms with Crippen molar-refractivity contribution in [1.29, 1.82) is 0 Å². The van der Waals surface area contributed by atoms with Gasteiger partial charge in [-0.2, -0.15) is 13.2 Å². The molecule has 3 aromatic rings. The highest BCUT2D eigenvalue weighted by molar-refractivity contribution is 5.76. The molecule has 23 heavy (non-hydrogen) atoms. The normalized spacial score (nSPS) is 21.0. The summed E-state index contributed by atoms with van der Waals surface area (Å²) in [7, 11) is 0. The first-order valence-corrected chi connectivity index (χ1v) is 7.15. The molecule has 0 radical (unpaired) electrons. The Hall–Kier alpha value is -2.45. The molecule has 0 saturated heterocycles. The van der Waals surface area contributed by atoms with Gasteiger partial charge in [0.1, 0.15) is 5.52 Å². The highest BCUT2D eigenvalue weighted by Gasteiger charge is 2.39. The average molecular weight is 323 g/mol. The van der Waals surface area contributed by atoms with E-state index in [9.17, 15) is 13.2 Å². The van der Waals surface area contributed by atoms with Crippen molar-refractivity contribution in [3.8, 4) is 5.88 Å². The van der Waals surface area contributed by atoms with E-state index < -0.39 is 12.0 Å². The quantitative estimate of drug-likeness (QED) is 0.741. The Kier molecular flexibility index (Phi) is 2.94. The third-order valence-corrected chi connectivity index (χ3v) is 4.02. The summed E-state index contributed by atoms with van der Waals surface area (Å²) in [4.78, 5) is 8.23. The van der Waals surface area contributed by atoms with Crippen LogP contribution in [0.15, 0.2) is 18.3 Å².